The maximum atomic E-state index is 13.4. The summed E-state index contributed by atoms with van der Waals surface area (Å²) in [7, 11) is 0. The standard InChI is InChI=1S/C15H9BrClFN2O/c16-11-6-2-5-10(13(11)17)14-12(15(19)21-20-14)8-3-1-4-9(18)7-8/h1-7H,19H2. The Morgan fingerprint density at radius 1 is 1.19 bits per heavy atom. The number of anilines is 1. The van der Waals surface area contributed by atoms with Crippen LogP contribution in [0, 0.1) is 5.82 Å². The molecule has 0 unspecified atom stereocenters. The Bertz CT molecular complexity index is 819. The van der Waals surface area contributed by atoms with Crippen LogP contribution in [0.3, 0.4) is 0 Å². The second-order valence-electron chi connectivity index (χ2n) is 4.38. The number of aromatic nitrogens is 1. The number of hydrogen-bond acceptors (Lipinski definition) is 3. The van der Waals surface area contributed by atoms with Crippen molar-refractivity contribution in [3.63, 3.8) is 0 Å². The number of nitrogen functional groups attached to an aromatic ring is 1. The number of benzene rings is 2. The Morgan fingerprint density at radius 2 is 1.95 bits per heavy atom. The lowest BCUT2D eigenvalue weighted by atomic mass is 10.0. The Hall–Kier alpha value is -1.85. The molecule has 1 aromatic heterocycles. The lowest BCUT2D eigenvalue weighted by molar-refractivity contribution is 0.439. The predicted octanol–water partition coefficient (Wildman–Crippen LogP) is 5.15. The van der Waals surface area contributed by atoms with Crippen molar-refractivity contribution in [2.45, 2.75) is 0 Å². The van der Waals surface area contributed by atoms with Crippen molar-refractivity contribution < 1.29 is 8.91 Å². The fourth-order valence-electron chi connectivity index (χ4n) is 2.10. The lowest BCUT2D eigenvalue weighted by Gasteiger charge is -2.06. The second-order valence-corrected chi connectivity index (χ2v) is 5.61. The molecule has 0 fully saturated rings. The summed E-state index contributed by atoms with van der Waals surface area (Å²) < 4.78 is 19.2. The van der Waals surface area contributed by atoms with Crippen molar-refractivity contribution >= 4 is 33.4 Å². The first-order valence-electron chi connectivity index (χ1n) is 6.03. The first kappa shape index (κ1) is 14.1. The van der Waals surface area contributed by atoms with E-state index in [1.54, 1.807) is 18.2 Å². The van der Waals surface area contributed by atoms with E-state index in [-0.39, 0.29) is 11.7 Å². The molecule has 0 aliphatic rings. The maximum absolute atomic E-state index is 13.4. The molecule has 0 aliphatic carbocycles. The molecule has 2 N–H and O–H groups in total. The summed E-state index contributed by atoms with van der Waals surface area (Å²) in [6.07, 6.45) is 0. The molecule has 106 valence electrons. The van der Waals surface area contributed by atoms with Crippen LogP contribution in [0.2, 0.25) is 5.02 Å². The molecule has 2 aromatic carbocycles. The molecule has 0 saturated carbocycles. The van der Waals surface area contributed by atoms with Crippen molar-refractivity contribution in [3.8, 4) is 22.4 Å². The fourth-order valence-corrected chi connectivity index (χ4v) is 2.68. The van der Waals surface area contributed by atoms with Gasteiger partial charge in [-0.05, 0) is 39.7 Å². The molecule has 3 aromatic rings. The fraction of sp³-hybridized carbons (Fsp3) is 0. The highest BCUT2D eigenvalue weighted by molar-refractivity contribution is 9.10. The normalized spacial score (nSPS) is 10.8. The van der Waals surface area contributed by atoms with Crippen LogP contribution in [0.4, 0.5) is 10.3 Å². The van der Waals surface area contributed by atoms with E-state index in [4.69, 9.17) is 21.9 Å². The van der Waals surface area contributed by atoms with Gasteiger partial charge in [0.05, 0.1) is 10.6 Å². The summed E-state index contributed by atoms with van der Waals surface area (Å²) in [5, 5.41) is 4.46. The van der Waals surface area contributed by atoms with E-state index in [2.05, 4.69) is 21.1 Å². The summed E-state index contributed by atoms with van der Waals surface area (Å²) >= 11 is 9.65. The van der Waals surface area contributed by atoms with Gasteiger partial charge in [0.1, 0.15) is 11.5 Å². The molecule has 0 amide bonds. The molecule has 0 radical (unpaired) electrons. The number of nitrogens with zero attached hydrogens (tertiary/aromatic N) is 1. The zero-order valence-corrected chi connectivity index (χ0v) is 13.0. The third kappa shape index (κ3) is 2.54. The van der Waals surface area contributed by atoms with Crippen molar-refractivity contribution in [2.24, 2.45) is 0 Å². The first-order chi connectivity index (χ1) is 10.1. The van der Waals surface area contributed by atoms with Crippen LogP contribution >= 0.6 is 27.5 Å². The van der Waals surface area contributed by atoms with E-state index in [0.717, 1.165) is 4.47 Å². The highest BCUT2D eigenvalue weighted by Gasteiger charge is 2.20. The van der Waals surface area contributed by atoms with Crippen LogP contribution in [-0.2, 0) is 0 Å². The van der Waals surface area contributed by atoms with Crippen LogP contribution in [0.1, 0.15) is 0 Å². The summed E-state index contributed by atoms with van der Waals surface area (Å²) in [6.45, 7) is 0. The summed E-state index contributed by atoms with van der Waals surface area (Å²) in [4.78, 5) is 0. The minimum atomic E-state index is -0.362. The average molecular weight is 368 g/mol. The Balaban J connectivity index is 2.24. The van der Waals surface area contributed by atoms with Gasteiger partial charge in [-0.25, -0.2) is 4.39 Å². The third-order valence-corrected chi connectivity index (χ3v) is 4.33. The lowest BCUT2D eigenvalue weighted by Crippen LogP contribution is -1.89. The zero-order valence-electron chi connectivity index (χ0n) is 10.6. The molecule has 0 aliphatic heterocycles. The van der Waals surface area contributed by atoms with Crippen LogP contribution in [0.15, 0.2) is 51.5 Å². The SMILES string of the molecule is Nc1onc(-c2cccc(Br)c2Cl)c1-c1cccc(F)c1. The van der Waals surface area contributed by atoms with Crippen LogP contribution in [-0.4, -0.2) is 5.16 Å². The van der Waals surface area contributed by atoms with E-state index in [1.165, 1.54) is 12.1 Å². The zero-order chi connectivity index (χ0) is 15.0. The minimum Gasteiger partial charge on any atom is -0.367 e. The van der Waals surface area contributed by atoms with Gasteiger partial charge >= 0.3 is 0 Å². The van der Waals surface area contributed by atoms with Crippen molar-refractivity contribution in [3.05, 3.63) is 57.8 Å². The Labute approximate surface area is 133 Å². The smallest absolute Gasteiger partial charge is 0.230 e. The van der Waals surface area contributed by atoms with Gasteiger partial charge in [-0.2, -0.15) is 0 Å². The van der Waals surface area contributed by atoms with E-state index in [1.807, 2.05) is 12.1 Å². The monoisotopic (exact) mass is 366 g/mol. The molecule has 0 bridgehead atoms. The van der Waals surface area contributed by atoms with Gasteiger partial charge in [0.25, 0.3) is 0 Å². The average Bonchev–Trinajstić information content (AvgIpc) is 2.83. The second kappa shape index (κ2) is 5.50. The Morgan fingerprint density at radius 3 is 2.71 bits per heavy atom. The summed E-state index contributed by atoms with van der Waals surface area (Å²) in [5.74, 6) is -0.244. The van der Waals surface area contributed by atoms with E-state index in [9.17, 15) is 4.39 Å². The largest absolute Gasteiger partial charge is 0.367 e. The molecule has 3 rings (SSSR count). The van der Waals surface area contributed by atoms with Gasteiger partial charge in [-0.3, -0.25) is 0 Å². The van der Waals surface area contributed by atoms with Gasteiger partial charge in [-0.1, -0.05) is 41.0 Å². The number of hydrogen-bond donors (Lipinski definition) is 1. The van der Waals surface area contributed by atoms with Crippen LogP contribution in [0.5, 0.6) is 0 Å². The highest BCUT2D eigenvalue weighted by atomic mass is 79.9. The quantitative estimate of drug-likeness (QED) is 0.682. The molecule has 6 heteroatoms. The van der Waals surface area contributed by atoms with Crippen LogP contribution in [0.25, 0.3) is 22.4 Å². The summed E-state index contributed by atoms with van der Waals surface area (Å²) in [6, 6.07) is 11.5. The van der Waals surface area contributed by atoms with E-state index in [0.29, 0.717) is 27.4 Å². The number of halogens is 3. The van der Waals surface area contributed by atoms with Gasteiger partial charge < -0.3 is 10.3 Å². The van der Waals surface area contributed by atoms with Gasteiger partial charge in [0.15, 0.2) is 0 Å². The molecule has 21 heavy (non-hydrogen) atoms. The molecule has 1 heterocycles. The third-order valence-electron chi connectivity index (χ3n) is 3.04. The van der Waals surface area contributed by atoms with Gasteiger partial charge in [0.2, 0.25) is 5.88 Å². The minimum absolute atomic E-state index is 0.117. The molecule has 0 saturated heterocycles. The number of rotatable bonds is 2. The first-order valence-corrected chi connectivity index (χ1v) is 7.20. The van der Waals surface area contributed by atoms with Crippen molar-refractivity contribution in [1.82, 2.24) is 5.16 Å². The van der Waals surface area contributed by atoms with Gasteiger partial charge in [-0.15, -0.1) is 0 Å². The van der Waals surface area contributed by atoms with Crippen molar-refractivity contribution in [1.29, 1.82) is 0 Å². The molecular formula is C15H9BrClFN2O. The summed E-state index contributed by atoms with van der Waals surface area (Å²) in [5.41, 5.74) is 8.08. The molecule has 0 atom stereocenters. The molecular weight excluding hydrogens is 359 g/mol. The van der Waals surface area contributed by atoms with Gasteiger partial charge in [0, 0.05) is 10.0 Å². The molecule has 3 nitrogen and oxygen atoms in total. The Kier molecular flexibility index (Phi) is 3.69. The van der Waals surface area contributed by atoms with Crippen molar-refractivity contribution in [2.75, 3.05) is 5.73 Å². The molecule has 0 spiro atoms. The number of nitrogens with two attached hydrogens (primary N) is 1. The maximum Gasteiger partial charge on any atom is 0.230 e. The predicted molar refractivity (Wildman–Crippen MR) is 84.5 cm³/mol. The highest BCUT2D eigenvalue weighted by Crippen LogP contribution is 2.41. The van der Waals surface area contributed by atoms with E-state index < -0.39 is 0 Å². The van der Waals surface area contributed by atoms with Crippen LogP contribution < -0.4 is 5.73 Å². The topological polar surface area (TPSA) is 52.0 Å². The van der Waals surface area contributed by atoms with E-state index >= 15 is 0 Å².